The minimum Gasteiger partial charge on any atom is -0.481 e. The summed E-state index contributed by atoms with van der Waals surface area (Å²) >= 11 is 0. The van der Waals surface area contributed by atoms with Crippen molar-refractivity contribution in [1.82, 2.24) is 5.32 Å². The zero-order chi connectivity index (χ0) is 16.4. The summed E-state index contributed by atoms with van der Waals surface area (Å²) in [6.07, 6.45) is 2.37. The Balaban J connectivity index is 2.50. The number of hydrogen-bond acceptors (Lipinski definition) is 4. The molecule has 5 N–H and O–H groups in total. The van der Waals surface area contributed by atoms with Crippen molar-refractivity contribution >= 4 is 11.9 Å². The van der Waals surface area contributed by atoms with Crippen LogP contribution in [0.5, 0.6) is 0 Å². The van der Waals surface area contributed by atoms with Crippen molar-refractivity contribution < 1.29 is 19.8 Å². The van der Waals surface area contributed by atoms with E-state index in [0.29, 0.717) is 25.9 Å². The van der Waals surface area contributed by atoms with Gasteiger partial charge in [0.05, 0.1) is 5.92 Å². The van der Waals surface area contributed by atoms with E-state index in [-0.39, 0.29) is 0 Å². The Labute approximate surface area is 130 Å². The van der Waals surface area contributed by atoms with Crippen LogP contribution in [0.4, 0.5) is 0 Å². The molecule has 2 atom stereocenters. The quantitative estimate of drug-likeness (QED) is 0.460. The van der Waals surface area contributed by atoms with E-state index in [9.17, 15) is 14.7 Å². The highest BCUT2D eigenvalue weighted by molar-refractivity contribution is 5.76. The van der Waals surface area contributed by atoms with Crippen LogP contribution in [0.1, 0.15) is 37.2 Å². The number of hydrogen-bond donors (Lipinski definition) is 4. The Kier molecular flexibility index (Phi) is 8.17. The molecule has 0 spiro atoms. The van der Waals surface area contributed by atoms with Gasteiger partial charge in [0, 0.05) is 0 Å². The number of unbranched alkanes of at least 4 members (excludes halogenated alkanes) is 1. The molecule has 0 aromatic heterocycles. The molecule has 1 aromatic rings. The molecule has 0 radical (unpaired) electrons. The lowest BCUT2D eigenvalue weighted by molar-refractivity contribution is -0.139. The second-order valence-corrected chi connectivity index (χ2v) is 5.22. The Hall–Kier alpha value is -1.92. The predicted octanol–water partition coefficient (Wildman–Crippen LogP) is 1.42. The van der Waals surface area contributed by atoms with Crippen molar-refractivity contribution in [3.05, 3.63) is 35.9 Å². The minimum atomic E-state index is -0.913. The van der Waals surface area contributed by atoms with E-state index in [1.54, 1.807) is 24.3 Å². The number of carbonyl (C=O) groups is 2. The maximum absolute atomic E-state index is 11.4. The normalized spacial score (nSPS) is 13.5. The van der Waals surface area contributed by atoms with Crippen LogP contribution in [0.25, 0.3) is 0 Å². The lowest BCUT2D eigenvalue weighted by Gasteiger charge is -2.17. The topological polar surface area (TPSA) is 113 Å². The third-order valence-electron chi connectivity index (χ3n) is 3.57. The Morgan fingerprint density at radius 3 is 2.27 bits per heavy atom. The number of carboxylic acids is 2. The molecule has 0 bridgehead atoms. The molecule has 0 heterocycles. The summed E-state index contributed by atoms with van der Waals surface area (Å²) in [4.78, 5) is 22.5. The van der Waals surface area contributed by atoms with Crippen LogP contribution in [0, 0.1) is 0 Å². The van der Waals surface area contributed by atoms with Crippen molar-refractivity contribution in [3.63, 3.8) is 0 Å². The van der Waals surface area contributed by atoms with E-state index in [4.69, 9.17) is 10.8 Å². The average Bonchev–Trinajstić information content (AvgIpc) is 2.50. The zero-order valence-corrected chi connectivity index (χ0v) is 12.6. The maximum Gasteiger partial charge on any atom is 0.320 e. The molecular formula is C16H24N2O4. The van der Waals surface area contributed by atoms with Crippen molar-refractivity contribution in [2.45, 2.75) is 37.6 Å². The molecule has 1 rings (SSSR count). The van der Waals surface area contributed by atoms with Crippen molar-refractivity contribution in [3.8, 4) is 0 Å². The van der Waals surface area contributed by atoms with Gasteiger partial charge in [0.2, 0.25) is 0 Å². The van der Waals surface area contributed by atoms with Gasteiger partial charge in [-0.05, 0) is 37.9 Å². The van der Waals surface area contributed by atoms with Crippen LogP contribution < -0.4 is 11.1 Å². The van der Waals surface area contributed by atoms with Gasteiger partial charge in [0.15, 0.2) is 0 Å². The molecule has 22 heavy (non-hydrogen) atoms. The second kappa shape index (κ2) is 9.92. The van der Waals surface area contributed by atoms with Crippen LogP contribution in [-0.2, 0) is 9.59 Å². The molecule has 122 valence electrons. The largest absolute Gasteiger partial charge is 0.481 e. The van der Waals surface area contributed by atoms with Gasteiger partial charge < -0.3 is 21.3 Å². The zero-order valence-electron chi connectivity index (χ0n) is 12.6. The van der Waals surface area contributed by atoms with Gasteiger partial charge in [-0.1, -0.05) is 36.8 Å². The molecule has 0 aliphatic carbocycles. The van der Waals surface area contributed by atoms with Crippen molar-refractivity contribution in [1.29, 1.82) is 0 Å². The first-order chi connectivity index (χ1) is 10.6. The van der Waals surface area contributed by atoms with Gasteiger partial charge in [-0.2, -0.15) is 0 Å². The number of carboxylic acid groups (broad SMARTS) is 2. The van der Waals surface area contributed by atoms with E-state index < -0.39 is 23.9 Å². The fourth-order valence-corrected chi connectivity index (χ4v) is 2.33. The van der Waals surface area contributed by atoms with Crippen molar-refractivity contribution in [2.75, 3.05) is 13.1 Å². The van der Waals surface area contributed by atoms with Gasteiger partial charge in [-0.25, -0.2) is 0 Å². The van der Waals surface area contributed by atoms with Gasteiger partial charge in [-0.15, -0.1) is 0 Å². The van der Waals surface area contributed by atoms with Gasteiger partial charge in [-0.3, -0.25) is 9.59 Å². The standard InChI is InChI=1S/C16H24N2O4/c17-10-5-4-8-14(16(21)22)18-11-9-13(15(19)20)12-6-2-1-3-7-12/h1-3,6-7,13-14,18H,4-5,8-11,17H2,(H,19,20)(H,21,22)/t13?,14-/m0/s1. The van der Waals surface area contributed by atoms with E-state index in [0.717, 1.165) is 18.4 Å². The summed E-state index contributed by atoms with van der Waals surface area (Å²) in [5, 5.41) is 21.4. The van der Waals surface area contributed by atoms with E-state index in [2.05, 4.69) is 5.32 Å². The number of benzene rings is 1. The second-order valence-electron chi connectivity index (χ2n) is 5.22. The monoisotopic (exact) mass is 308 g/mol. The Morgan fingerprint density at radius 1 is 1.05 bits per heavy atom. The molecule has 6 nitrogen and oxygen atoms in total. The van der Waals surface area contributed by atoms with Gasteiger partial charge in [0.25, 0.3) is 0 Å². The SMILES string of the molecule is NCCCC[C@H](NCCC(C(=O)O)c1ccccc1)C(=O)O. The molecule has 0 aliphatic heterocycles. The maximum atomic E-state index is 11.4. The first kappa shape index (κ1) is 18.1. The minimum absolute atomic E-state index is 0.339. The first-order valence-electron chi connectivity index (χ1n) is 7.50. The number of aliphatic carboxylic acids is 2. The summed E-state index contributed by atoms with van der Waals surface area (Å²) in [7, 11) is 0. The summed E-state index contributed by atoms with van der Waals surface area (Å²) in [6.45, 7) is 0.882. The molecule has 0 amide bonds. The molecule has 1 unspecified atom stereocenters. The summed E-state index contributed by atoms with van der Waals surface area (Å²) < 4.78 is 0. The smallest absolute Gasteiger partial charge is 0.320 e. The van der Waals surface area contributed by atoms with E-state index in [1.165, 1.54) is 0 Å². The summed E-state index contributed by atoms with van der Waals surface area (Å²) in [5.41, 5.74) is 6.12. The molecule has 0 fully saturated rings. The van der Waals surface area contributed by atoms with Crippen LogP contribution >= 0.6 is 0 Å². The fourth-order valence-electron chi connectivity index (χ4n) is 2.33. The third kappa shape index (κ3) is 6.24. The van der Waals surface area contributed by atoms with Gasteiger partial charge in [0.1, 0.15) is 6.04 Å². The van der Waals surface area contributed by atoms with Crippen LogP contribution in [0.2, 0.25) is 0 Å². The van der Waals surface area contributed by atoms with Crippen LogP contribution in [0.15, 0.2) is 30.3 Å². The number of nitrogens with two attached hydrogens (primary N) is 1. The Morgan fingerprint density at radius 2 is 1.73 bits per heavy atom. The first-order valence-corrected chi connectivity index (χ1v) is 7.50. The summed E-state index contributed by atoms with van der Waals surface area (Å²) in [6, 6.07) is 8.32. The Bertz CT molecular complexity index is 464. The van der Waals surface area contributed by atoms with Crippen LogP contribution in [-0.4, -0.2) is 41.3 Å². The highest BCUT2D eigenvalue weighted by atomic mass is 16.4. The highest BCUT2D eigenvalue weighted by Gasteiger charge is 2.21. The van der Waals surface area contributed by atoms with E-state index in [1.807, 2.05) is 6.07 Å². The lowest BCUT2D eigenvalue weighted by Crippen LogP contribution is -2.38. The third-order valence-corrected chi connectivity index (χ3v) is 3.57. The molecular weight excluding hydrogens is 284 g/mol. The molecule has 0 saturated carbocycles. The molecule has 1 aromatic carbocycles. The number of rotatable bonds is 11. The lowest BCUT2D eigenvalue weighted by atomic mass is 9.95. The van der Waals surface area contributed by atoms with Crippen LogP contribution in [0.3, 0.4) is 0 Å². The number of nitrogens with one attached hydrogen (secondary N) is 1. The molecule has 0 saturated heterocycles. The van der Waals surface area contributed by atoms with Gasteiger partial charge >= 0.3 is 11.9 Å². The average molecular weight is 308 g/mol. The molecule has 6 heteroatoms. The summed E-state index contributed by atoms with van der Waals surface area (Å²) in [5.74, 6) is -2.45. The molecule has 0 aliphatic rings. The van der Waals surface area contributed by atoms with Crippen molar-refractivity contribution in [2.24, 2.45) is 5.73 Å². The highest BCUT2D eigenvalue weighted by Crippen LogP contribution is 2.19. The fraction of sp³-hybridized carbons (Fsp3) is 0.500. The van der Waals surface area contributed by atoms with E-state index >= 15 is 0 Å². The predicted molar refractivity (Wildman–Crippen MR) is 83.8 cm³/mol.